The van der Waals surface area contributed by atoms with Crippen molar-refractivity contribution in [2.45, 2.75) is 57.9 Å². The average Bonchev–Trinajstić information content (AvgIpc) is 2.62. The molecule has 1 saturated heterocycles. The fourth-order valence-corrected chi connectivity index (χ4v) is 3.63. The van der Waals surface area contributed by atoms with E-state index in [1.807, 2.05) is 0 Å². The van der Waals surface area contributed by atoms with Gasteiger partial charge in [-0.2, -0.15) is 0 Å². The highest BCUT2D eigenvalue weighted by molar-refractivity contribution is 6.02. The van der Waals surface area contributed by atoms with Crippen molar-refractivity contribution in [3.8, 4) is 11.5 Å². The molecule has 3 rings (SSSR count). The molecule has 0 saturated carbocycles. The highest BCUT2D eigenvalue weighted by atomic mass is 16.7. The molecule has 0 radical (unpaired) electrons. The van der Waals surface area contributed by atoms with Crippen LogP contribution in [0, 0.1) is 6.92 Å². The summed E-state index contributed by atoms with van der Waals surface area (Å²) >= 11 is 0. The van der Waals surface area contributed by atoms with Crippen LogP contribution in [0.15, 0.2) is 21.3 Å². The Morgan fingerprint density at radius 2 is 1.86 bits per heavy atom. The number of ether oxygens (including phenoxy) is 3. The minimum atomic E-state index is -1.40. The van der Waals surface area contributed by atoms with Gasteiger partial charge in [-0.15, -0.1) is 0 Å². The van der Waals surface area contributed by atoms with Crippen LogP contribution in [0.4, 0.5) is 0 Å². The van der Waals surface area contributed by atoms with Gasteiger partial charge in [0.15, 0.2) is 5.78 Å². The molecule has 9 nitrogen and oxygen atoms in total. The van der Waals surface area contributed by atoms with E-state index in [-0.39, 0.29) is 16.7 Å². The van der Waals surface area contributed by atoms with Crippen LogP contribution < -0.4 is 10.4 Å². The molecule has 2 aromatic rings. The standard InChI is InChI=1S/C20H24O9/c1-8-11(27-19-15(24)14(23)17(26-5)20(3,4)29-19)7-6-10-13(22)12(9(2)21)18(25)28-16(8)10/h6-7,14-15,17,19,22-24H,1-5H3/t14-,15+,17+,19+/m0/s1. The maximum atomic E-state index is 12.1. The number of hydrogen-bond acceptors (Lipinski definition) is 9. The molecule has 3 N–H and O–H groups in total. The third-order valence-corrected chi connectivity index (χ3v) is 5.14. The van der Waals surface area contributed by atoms with Gasteiger partial charge in [0, 0.05) is 12.7 Å². The normalized spacial score (nSPS) is 26.4. The predicted octanol–water partition coefficient (Wildman–Crippen LogP) is 1.26. The molecule has 9 heteroatoms. The second kappa shape index (κ2) is 7.42. The van der Waals surface area contributed by atoms with E-state index in [2.05, 4.69) is 0 Å². The molecular formula is C20H24O9. The Balaban J connectivity index is 2.01. The molecule has 1 aromatic heterocycles. The van der Waals surface area contributed by atoms with Crippen LogP contribution in [0.1, 0.15) is 36.7 Å². The molecule has 158 valence electrons. The fourth-order valence-electron chi connectivity index (χ4n) is 3.63. The number of fused-ring (bicyclic) bond motifs is 1. The second-order valence-electron chi connectivity index (χ2n) is 7.58. The van der Waals surface area contributed by atoms with E-state index in [4.69, 9.17) is 18.6 Å². The molecular weight excluding hydrogens is 384 g/mol. The molecule has 1 aliphatic heterocycles. The fraction of sp³-hybridized carbons (Fsp3) is 0.500. The van der Waals surface area contributed by atoms with E-state index in [0.717, 1.165) is 6.92 Å². The lowest BCUT2D eigenvalue weighted by molar-refractivity contribution is -0.306. The lowest BCUT2D eigenvalue weighted by Gasteiger charge is -2.46. The molecule has 1 fully saturated rings. The number of aromatic hydroxyl groups is 1. The molecule has 0 bridgehead atoms. The van der Waals surface area contributed by atoms with Gasteiger partial charge in [-0.1, -0.05) is 0 Å². The molecule has 0 amide bonds. The van der Waals surface area contributed by atoms with Gasteiger partial charge < -0.3 is 33.9 Å². The van der Waals surface area contributed by atoms with Crippen LogP contribution in [0.5, 0.6) is 11.5 Å². The average molecular weight is 408 g/mol. The number of aliphatic hydroxyl groups excluding tert-OH is 2. The van der Waals surface area contributed by atoms with E-state index >= 15 is 0 Å². The smallest absolute Gasteiger partial charge is 0.351 e. The summed E-state index contributed by atoms with van der Waals surface area (Å²) in [7, 11) is 1.41. The monoisotopic (exact) mass is 408 g/mol. The van der Waals surface area contributed by atoms with Crippen LogP contribution >= 0.6 is 0 Å². The van der Waals surface area contributed by atoms with Crippen molar-refractivity contribution in [2.24, 2.45) is 0 Å². The Kier molecular flexibility index (Phi) is 5.44. The number of carbonyl (C=O) groups is 1. The van der Waals surface area contributed by atoms with Gasteiger partial charge in [-0.3, -0.25) is 4.79 Å². The van der Waals surface area contributed by atoms with Crippen LogP contribution in [-0.2, 0) is 9.47 Å². The zero-order valence-electron chi connectivity index (χ0n) is 16.8. The number of rotatable bonds is 4. The van der Waals surface area contributed by atoms with Gasteiger partial charge in [0.2, 0.25) is 6.29 Å². The molecule has 2 heterocycles. The molecule has 0 unspecified atom stereocenters. The Morgan fingerprint density at radius 1 is 1.21 bits per heavy atom. The molecule has 4 atom stereocenters. The van der Waals surface area contributed by atoms with E-state index < -0.39 is 52.9 Å². The second-order valence-corrected chi connectivity index (χ2v) is 7.58. The first kappa shape index (κ1) is 21.3. The van der Waals surface area contributed by atoms with Gasteiger partial charge in [0.05, 0.1) is 11.0 Å². The molecule has 0 spiro atoms. The number of aliphatic hydroxyl groups is 2. The Hall–Kier alpha value is -2.46. The van der Waals surface area contributed by atoms with Gasteiger partial charge in [-0.25, -0.2) is 4.79 Å². The molecule has 1 aliphatic rings. The predicted molar refractivity (Wildman–Crippen MR) is 101 cm³/mol. The Morgan fingerprint density at radius 3 is 2.45 bits per heavy atom. The first-order chi connectivity index (χ1) is 13.5. The van der Waals surface area contributed by atoms with Gasteiger partial charge >= 0.3 is 5.63 Å². The first-order valence-electron chi connectivity index (χ1n) is 9.03. The summed E-state index contributed by atoms with van der Waals surface area (Å²) in [5.41, 5.74) is -1.95. The quantitative estimate of drug-likeness (QED) is 0.504. The van der Waals surface area contributed by atoms with Gasteiger partial charge in [0.1, 0.15) is 41.0 Å². The van der Waals surface area contributed by atoms with Crippen LogP contribution in [-0.4, -0.2) is 58.4 Å². The number of methoxy groups -OCH3 is 1. The number of Topliss-reactive ketones (excluding diaryl/α,β-unsaturated/α-hetero) is 1. The lowest BCUT2D eigenvalue weighted by atomic mass is 9.89. The number of carbonyl (C=O) groups excluding carboxylic acids is 1. The number of hydrogen-bond donors (Lipinski definition) is 3. The summed E-state index contributed by atoms with van der Waals surface area (Å²) in [6.07, 6.45) is -4.65. The van der Waals surface area contributed by atoms with Crippen molar-refractivity contribution < 1.29 is 38.7 Å². The summed E-state index contributed by atoms with van der Waals surface area (Å²) in [4.78, 5) is 23.7. The van der Waals surface area contributed by atoms with E-state index in [1.54, 1.807) is 20.8 Å². The topological polar surface area (TPSA) is 136 Å². The Bertz CT molecular complexity index is 1010. The highest BCUT2D eigenvalue weighted by Gasteiger charge is 2.50. The van der Waals surface area contributed by atoms with E-state index in [1.165, 1.54) is 19.2 Å². The van der Waals surface area contributed by atoms with Crippen molar-refractivity contribution in [1.82, 2.24) is 0 Å². The number of aryl methyl sites for hydroxylation is 1. The minimum Gasteiger partial charge on any atom is -0.506 e. The number of ketones is 1. The maximum Gasteiger partial charge on any atom is 0.351 e. The molecule has 1 aromatic carbocycles. The lowest BCUT2D eigenvalue weighted by Crippen LogP contribution is -2.63. The van der Waals surface area contributed by atoms with Crippen LogP contribution in [0.3, 0.4) is 0 Å². The third kappa shape index (κ3) is 3.51. The van der Waals surface area contributed by atoms with Crippen molar-refractivity contribution in [3.63, 3.8) is 0 Å². The summed E-state index contributed by atoms with van der Waals surface area (Å²) in [5.74, 6) is -0.871. The molecule has 0 aliphatic carbocycles. The van der Waals surface area contributed by atoms with Crippen molar-refractivity contribution in [3.05, 3.63) is 33.7 Å². The summed E-state index contributed by atoms with van der Waals surface area (Å²) < 4.78 is 22.0. The minimum absolute atomic E-state index is 0.0369. The zero-order chi connectivity index (χ0) is 21.7. The third-order valence-electron chi connectivity index (χ3n) is 5.14. The number of benzene rings is 1. The Labute approximate surface area is 166 Å². The summed E-state index contributed by atoms with van der Waals surface area (Å²) in [6.45, 7) is 6.13. The van der Waals surface area contributed by atoms with Gasteiger partial charge in [-0.05, 0) is 39.8 Å². The van der Waals surface area contributed by atoms with Crippen LogP contribution in [0.25, 0.3) is 11.0 Å². The maximum absolute atomic E-state index is 12.1. The highest BCUT2D eigenvalue weighted by Crippen LogP contribution is 2.36. The van der Waals surface area contributed by atoms with E-state index in [0.29, 0.717) is 5.56 Å². The molecule has 29 heavy (non-hydrogen) atoms. The van der Waals surface area contributed by atoms with Crippen molar-refractivity contribution >= 4 is 16.8 Å². The summed E-state index contributed by atoms with van der Waals surface area (Å²) in [6, 6.07) is 2.91. The van der Waals surface area contributed by atoms with Crippen LogP contribution in [0.2, 0.25) is 0 Å². The first-order valence-corrected chi connectivity index (χ1v) is 9.03. The van der Waals surface area contributed by atoms with E-state index in [9.17, 15) is 24.9 Å². The SMILES string of the molecule is CO[C@@H]1[C@@H](O)[C@@H](O)[C@H](Oc2ccc3c(O)c(C(C)=O)c(=O)oc3c2C)OC1(C)C. The summed E-state index contributed by atoms with van der Waals surface area (Å²) in [5, 5.41) is 31.2. The largest absolute Gasteiger partial charge is 0.506 e. The zero-order valence-corrected chi connectivity index (χ0v) is 16.8. The van der Waals surface area contributed by atoms with Gasteiger partial charge in [0.25, 0.3) is 0 Å². The van der Waals surface area contributed by atoms with Crippen molar-refractivity contribution in [1.29, 1.82) is 0 Å². The van der Waals surface area contributed by atoms with Crippen molar-refractivity contribution in [2.75, 3.05) is 7.11 Å².